The Labute approximate surface area is 115 Å². The molecular formula is C16H23N3. The molecule has 0 fully saturated rings. The highest BCUT2D eigenvalue weighted by atomic mass is 15.1. The van der Waals surface area contributed by atoms with E-state index in [0.717, 1.165) is 17.9 Å². The summed E-state index contributed by atoms with van der Waals surface area (Å²) >= 11 is 0. The fourth-order valence-electron chi connectivity index (χ4n) is 2.51. The van der Waals surface area contributed by atoms with E-state index >= 15 is 0 Å². The van der Waals surface area contributed by atoms with Crippen molar-refractivity contribution in [3.63, 3.8) is 0 Å². The van der Waals surface area contributed by atoms with Crippen molar-refractivity contribution < 1.29 is 0 Å². The van der Waals surface area contributed by atoms with Crippen LogP contribution in [-0.2, 0) is 13.5 Å². The molecule has 19 heavy (non-hydrogen) atoms. The molecule has 1 heterocycles. The molecule has 0 saturated carbocycles. The van der Waals surface area contributed by atoms with Gasteiger partial charge in [-0.15, -0.1) is 0 Å². The number of hydrogen-bond acceptors (Lipinski definition) is 2. The van der Waals surface area contributed by atoms with Gasteiger partial charge in [-0.1, -0.05) is 6.07 Å². The Morgan fingerprint density at radius 1 is 1.05 bits per heavy atom. The summed E-state index contributed by atoms with van der Waals surface area (Å²) in [5, 5.41) is 0. The number of imidazole rings is 1. The van der Waals surface area contributed by atoms with Crippen LogP contribution in [0, 0.1) is 27.7 Å². The summed E-state index contributed by atoms with van der Waals surface area (Å²) in [7, 11) is 2.06. The predicted octanol–water partition coefficient (Wildman–Crippen LogP) is 2.82. The first-order valence-corrected chi connectivity index (χ1v) is 6.76. The number of aromatic nitrogens is 2. The number of aryl methyl sites for hydroxylation is 4. The van der Waals surface area contributed by atoms with Gasteiger partial charge in [0.1, 0.15) is 5.82 Å². The molecule has 2 N–H and O–H groups in total. The Bertz CT molecular complexity index is 609. The zero-order valence-corrected chi connectivity index (χ0v) is 12.5. The van der Waals surface area contributed by atoms with Gasteiger partial charge in [-0.25, -0.2) is 4.98 Å². The van der Waals surface area contributed by atoms with Gasteiger partial charge in [0.2, 0.25) is 0 Å². The van der Waals surface area contributed by atoms with Crippen LogP contribution in [0.3, 0.4) is 0 Å². The van der Waals surface area contributed by atoms with Gasteiger partial charge in [-0.2, -0.15) is 0 Å². The van der Waals surface area contributed by atoms with Gasteiger partial charge in [-0.05, 0) is 57.0 Å². The fourth-order valence-corrected chi connectivity index (χ4v) is 2.51. The van der Waals surface area contributed by atoms with Gasteiger partial charge in [0, 0.05) is 24.7 Å². The average Bonchev–Trinajstić information content (AvgIpc) is 2.62. The second-order valence-electron chi connectivity index (χ2n) is 5.30. The van der Waals surface area contributed by atoms with E-state index in [2.05, 4.69) is 44.5 Å². The Kier molecular flexibility index (Phi) is 3.76. The quantitative estimate of drug-likeness (QED) is 0.919. The van der Waals surface area contributed by atoms with E-state index in [1.807, 2.05) is 6.92 Å². The second-order valence-corrected chi connectivity index (χ2v) is 5.30. The molecule has 0 saturated heterocycles. The highest BCUT2D eigenvalue weighted by Crippen LogP contribution is 2.29. The summed E-state index contributed by atoms with van der Waals surface area (Å²) in [4.78, 5) is 4.74. The van der Waals surface area contributed by atoms with E-state index < -0.39 is 0 Å². The van der Waals surface area contributed by atoms with Crippen molar-refractivity contribution in [2.45, 2.75) is 34.1 Å². The molecule has 0 atom stereocenters. The Morgan fingerprint density at radius 3 is 2.32 bits per heavy atom. The summed E-state index contributed by atoms with van der Waals surface area (Å²) in [6.07, 6.45) is 0.860. The lowest BCUT2D eigenvalue weighted by Crippen LogP contribution is -2.08. The minimum Gasteiger partial charge on any atom is -0.335 e. The molecule has 102 valence electrons. The maximum atomic E-state index is 5.74. The van der Waals surface area contributed by atoms with Crippen molar-refractivity contribution in [2.24, 2.45) is 12.8 Å². The van der Waals surface area contributed by atoms with E-state index in [9.17, 15) is 0 Å². The van der Waals surface area contributed by atoms with Crippen molar-refractivity contribution >= 4 is 0 Å². The summed E-state index contributed by atoms with van der Waals surface area (Å²) in [5.41, 5.74) is 13.2. The van der Waals surface area contributed by atoms with E-state index in [1.54, 1.807) is 0 Å². The largest absolute Gasteiger partial charge is 0.335 e. The first-order valence-electron chi connectivity index (χ1n) is 6.76. The molecule has 0 spiro atoms. The normalized spacial score (nSPS) is 11.1. The molecular weight excluding hydrogens is 234 g/mol. The lowest BCUT2D eigenvalue weighted by molar-refractivity contribution is 0.778. The van der Waals surface area contributed by atoms with Crippen LogP contribution in [0.25, 0.3) is 11.3 Å². The van der Waals surface area contributed by atoms with Gasteiger partial charge in [0.25, 0.3) is 0 Å². The third-order valence-electron chi connectivity index (χ3n) is 3.91. The van der Waals surface area contributed by atoms with Gasteiger partial charge in [0.05, 0.1) is 5.69 Å². The van der Waals surface area contributed by atoms with Crippen LogP contribution < -0.4 is 5.73 Å². The van der Waals surface area contributed by atoms with Crippen LogP contribution in [0.4, 0.5) is 0 Å². The molecule has 0 bridgehead atoms. The zero-order chi connectivity index (χ0) is 14.2. The average molecular weight is 257 g/mol. The highest BCUT2D eigenvalue weighted by Gasteiger charge is 2.15. The van der Waals surface area contributed by atoms with Crippen molar-refractivity contribution in [2.75, 3.05) is 6.54 Å². The molecule has 3 heteroatoms. The van der Waals surface area contributed by atoms with E-state index in [-0.39, 0.29) is 0 Å². The molecule has 0 amide bonds. The molecule has 0 aliphatic heterocycles. The summed E-state index contributed by atoms with van der Waals surface area (Å²) < 4.78 is 2.15. The Hall–Kier alpha value is -1.61. The van der Waals surface area contributed by atoms with Crippen LogP contribution in [-0.4, -0.2) is 16.1 Å². The van der Waals surface area contributed by atoms with Gasteiger partial charge < -0.3 is 10.3 Å². The van der Waals surface area contributed by atoms with Crippen LogP contribution in [0.1, 0.15) is 28.2 Å². The molecule has 2 rings (SSSR count). The fraction of sp³-hybridized carbons (Fsp3) is 0.438. The molecule has 1 aromatic carbocycles. The number of nitrogens with two attached hydrogens (primary N) is 1. The third-order valence-corrected chi connectivity index (χ3v) is 3.91. The molecule has 0 radical (unpaired) electrons. The number of rotatable bonds is 3. The predicted molar refractivity (Wildman–Crippen MR) is 80.4 cm³/mol. The molecule has 0 unspecified atom stereocenters. The molecule has 0 aliphatic rings. The van der Waals surface area contributed by atoms with Crippen LogP contribution in [0.5, 0.6) is 0 Å². The van der Waals surface area contributed by atoms with Crippen molar-refractivity contribution in [1.29, 1.82) is 0 Å². The topological polar surface area (TPSA) is 43.8 Å². The molecule has 1 aromatic heterocycles. The van der Waals surface area contributed by atoms with Crippen molar-refractivity contribution in [3.05, 3.63) is 40.3 Å². The van der Waals surface area contributed by atoms with Gasteiger partial charge >= 0.3 is 0 Å². The standard InChI is InChI=1S/C16H23N3/c1-10-8-12(3)14(9-11(10)2)16-15(6-7-17)19(5)13(4)18-16/h8-9H,6-7,17H2,1-5H3. The molecule has 2 aromatic rings. The Balaban J connectivity index is 2.65. The minimum absolute atomic E-state index is 0.649. The Morgan fingerprint density at radius 2 is 1.68 bits per heavy atom. The van der Waals surface area contributed by atoms with Gasteiger partial charge in [-0.3, -0.25) is 0 Å². The zero-order valence-electron chi connectivity index (χ0n) is 12.5. The van der Waals surface area contributed by atoms with Crippen LogP contribution >= 0.6 is 0 Å². The third kappa shape index (κ3) is 2.43. The molecule has 3 nitrogen and oxygen atoms in total. The van der Waals surface area contributed by atoms with Gasteiger partial charge in [0.15, 0.2) is 0 Å². The first-order chi connectivity index (χ1) is 8.95. The minimum atomic E-state index is 0.649. The SMILES string of the molecule is Cc1cc(C)c(-c2nc(C)n(C)c2CCN)cc1C. The summed E-state index contributed by atoms with van der Waals surface area (Å²) in [6, 6.07) is 4.48. The number of benzene rings is 1. The summed E-state index contributed by atoms with van der Waals surface area (Å²) in [6.45, 7) is 9.14. The lowest BCUT2D eigenvalue weighted by Gasteiger charge is -2.10. The van der Waals surface area contributed by atoms with E-state index in [4.69, 9.17) is 10.7 Å². The first kappa shape index (κ1) is 13.8. The van der Waals surface area contributed by atoms with Crippen LogP contribution in [0.2, 0.25) is 0 Å². The van der Waals surface area contributed by atoms with Crippen LogP contribution in [0.15, 0.2) is 12.1 Å². The maximum Gasteiger partial charge on any atom is 0.106 e. The van der Waals surface area contributed by atoms with E-state index in [1.165, 1.54) is 27.9 Å². The monoisotopic (exact) mass is 257 g/mol. The number of nitrogens with zero attached hydrogens (tertiary/aromatic N) is 2. The smallest absolute Gasteiger partial charge is 0.106 e. The molecule has 0 aliphatic carbocycles. The van der Waals surface area contributed by atoms with Crippen molar-refractivity contribution in [3.8, 4) is 11.3 Å². The van der Waals surface area contributed by atoms with E-state index in [0.29, 0.717) is 6.54 Å². The second kappa shape index (κ2) is 5.17. The van der Waals surface area contributed by atoms with Crippen molar-refractivity contribution in [1.82, 2.24) is 9.55 Å². The lowest BCUT2D eigenvalue weighted by atomic mass is 9.97. The summed E-state index contributed by atoms with van der Waals surface area (Å²) in [5.74, 6) is 1.04. The maximum absolute atomic E-state index is 5.74. The number of hydrogen-bond donors (Lipinski definition) is 1. The highest BCUT2D eigenvalue weighted by molar-refractivity contribution is 5.68.